The Morgan fingerprint density at radius 2 is 1.68 bits per heavy atom. The second-order valence-corrected chi connectivity index (χ2v) is 10.2. The third-order valence-electron chi connectivity index (χ3n) is 6.12. The Labute approximate surface area is 200 Å². The summed E-state index contributed by atoms with van der Waals surface area (Å²) in [6.45, 7) is 1.86. The van der Waals surface area contributed by atoms with E-state index in [0.29, 0.717) is 12.4 Å². The molecule has 0 spiro atoms. The number of hydrogen-bond acceptors (Lipinski definition) is 6. The molecule has 0 saturated carbocycles. The number of carbonyl (C=O) groups is 1. The van der Waals surface area contributed by atoms with Gasteiger partial charge in [0, 0.05) is 6.54 Å². The lowest BCUT2D eigenvalue weighted by Crippen LogP contribution is -2.50. The molecule has 34 heavy (non-hydrogen) atoms. The van der Waals surface area contributed by atoms with Crippen LogP contribution in [0.1, 0.15) is 24.8 Å². The summed E-state index contributed by atoms with van der Waals surface area (Å²) >= 11 is 0. The zero-order valence-corrected chi connectivity index (χ0v) is 20.1. The van der Waals surface area contributed by atoms with Crippen LogP contribution >= 0.6 is 0 Å². The van der Waals surface area contributed by atoms with Gasteiger partial charge in [0.15, 0.2) is 0 Å². The summed E-state index contributed by atoms with van der Waals surface area (Å²) < 4.78 is 39.0. The lowest BCUT2D eigenvalue weighted by atomic mass is 10.1. The predicted molar refractivity (Wildman–Crippen MR) is 131 cm³/mol. The Hall–Kier alpha value is -2.94. The minimum atomic E-state index is -3.78. The molecule has 0 amide bonds. The maximum Gasteiger partial charge on any atom is 0.324 e. The van der Waals surface area contributed by atoms with Crippen molar-refractivity contribution < 1.29 is 22.7 Å². The number of benzene rings is 3. The van der Waals surface area contributed by atoms with Gasteiger partial charge < -0.3 is 9.47 Å². The Kier molecular flexibility index (Phi) is 7.82. The highest BCUT2D eigenvalue weighted by Gasteiger charge is 2.29. The molecule has 3 aromatic carbocycles. The fraction of sp³-hybridized carbons (Fsp3) is 0.346. The van der Waals surface area contributed by atoms with Crippen molar-refractivity contribution in [2.24, 2.45) is 0 Å². The van der Waals surface area contributed by atoms with Crippen molar-refractivity contribution in [3.8, 4) is 5.75 Å². The molecule has 1 N–H and O–H groups in total. The van der Waals surface area contributed by atoms with E-state index in [2.05, 4.69) is 29.0 Å². The molecule has 8 heteroatoms. The Bertz CT molecular complexity index is 1220. The minimum absolute atomic E-state index is 0.0325. The molecule has 4 rings (SSSR count). The molecule has 0 unspecified atom stereocenters. The fourth-order valence-corrected chi connectivity index (χ4v) is 5.25. The van der Waals surface area contributed by atoms with E-state index in [1.165, 1.54) is 24.6 Å². The number of hydrogen-bond donors (Lipinski definition) is 1. The zero-order chi connectivity index (χ0) is 24.0. The second kappa shape index (κ2) is 11.0. The van der Waals surface area contributed by atoms with Gasteiger partial charge in [0.2, 0.25) is 10.0 Å². The average Bonchev–Trinajstić information content (AvgIpc) is 2.88. The summed E-state index contributed by atoms with van der Waals surface area (Å²) in [6, 6.07) is 19.9. The highest BCUT2D eigenvalue weighted by Crippen LogP contribution is 2.20. The van der Waals surface area contributed by atoms with Crippen LogP contribution in [0, 0.1) is 0 Å². The van der Waals surface area contributed by atoms with Crippen LogP contribution in [-0.2, 0) is 26.2 Å². The first kappa shape index (κ1) is 24.2. The van der Waals surface area contributed by atoms with Gasteiger partial charge in [-0.05, 0) is 72.6 Å². The average molecular weight is 483 g/mol. The maximum atomic E-state index is 12.8. The third-order valence-corrected chi connectivity index (χ3v) is 7.56. The molecule has 7 nitrogen and oxygen atoms in total. The van der Waals surface area contributed by atoms with Crippen LogP contribution in [0.15, 0.2) is 71.6 Å². The van der Waals surface area contributed by atoms with E-state index >= 15 is 0 Å². The van der Waals surface area contributed by atoms with E-state index in [9.17, 15) is 13.2 Å². The topological polar surface area (TPSA) is 84.9 Å². The van der Waals surface area contributed by atoms with Crippen molar-refractivity contribution in [1.29, 1.82) is 0 Å². The Morgan fingerprint density at radius 1 is 0.971 bits per heavy atom. The van der Waals surface area contributed by atoms with E-state index in [-0.39, 0.29) is 11.4 Å². The Balaban J connectivity index is 1.36. The van der Waals surface area contributed by atoms with Crippen LogP contribution < -0.4 is 9.46 Å². The van der Waals surface area contributed by atoms with Gasteiger partial charge in [-0.15, -0.1) is 0 Å². The van der Waals surface area contributed by atoms with Gasteiger partial charge >= 0.3 is 5.97 Å². The minimum Gasteiger partial charge on any atom is -0.489 e. The van der Waals surface area contributed by atoms with E-state index in [0.717, 1.165) is 43.3 Å². The maximum absolute atomic E-state index is 12.8. The number of sulfonamides is 1. The van der Waals surface area contributed by atoms with E-state index in [1.807, 2.05) is 23.1 Å². The monoisotopic (exact) mass is 482 g/mol. The zero-order valence-electron chi connectivity index (χ0n) is 19.3. The number of nitrogens with zero attached hydrogens (tertiary/aromatic N) is 1. The molecule has 1 fully saturated rings. The van der Waals surface area contributed by atoms with Crippen LogP contribution in [0.25, 0.3) is 10.8 Å². The van der Waals surface area contributed by atoms with Crippen LogP contribution in [-0.4, -0.2) is 52.1 Å². The second-order valence-electron chi connectivity index (χ2n) is 8.43. The van der Waals surface area contributed by atoms with Crippen LogP contribution in [0.2, 0.25) is 0 Å². The smallest absolute Gasteiger partial charge is 0.324 e. The molecule has 1 aliphatic rings. The molecule has 0 aliphatic carbocycles. The van der Waals surface area contributed by atoms with Gasteiger partial charge in [-0.25, -0.2) is 13.1 Å². The first-order valence-corrected chi connectivity index (χ1v) is 13.0. The molecule has 0 aromatic heterocycles. The highest BCUT2D eigenvalue weighted by molar-refractivity contribution is 7.89. The summed E-state index contributed by atoms with van der Waals surface area (Å²) in [5.74, 6) is 0.148. The molecule has 1 heterocycles. The normalized spacial score (nSPS) is 15.7. The van der Waals surface area contributed by atoms with Gasteiger partial charge in [0.1, 0.15) is 18.4 Å². The van der Waals surface area contributed by atoms with Crippen molar-refractivity contribution in [1.82, 2.24) is 9.62 Å². The van der Waals surface area contributed by atoms with Gasteiger partial charge in [0.05, 0.1) is 12.0 Å². The van der Waals surface area contributed by atoms with Crippen molar-refractivity contribution in [3.05, 3.63) is 72.3 Å². The van der Waals surface area contributed by atoms with Crippen molar-refractivity contribution in [2.45, 2.75) is 36.8 Å². The molecule has 1 saturated heterocycles. The molecular formula is C26H30N2O5S. The highest BCUT2D eigenvalue weighted by atomic mass is 32.2. The van der Waals surface area contributed by atoms with E-state index < -0.39 is 22.0 Å². The largest absolute Gasteiger partial charge is 0.489 e. The molecule has 0 radical (unpaired) electrons. The molecule has 0 bridgehead atoms. The Morgan fingerprint density at radius 3 is 2.38 bits per heavy atom. The summed E-state index contributed by atoms with van der Waals surface area (Å²) in [5, 5.41) is 2.31. The SMILES string of the molecule is COC(=O)[C@H](CNS(=O)(=O)c1ccc(OCc2ccc3ccccc3c2)cc1)N1CCCCC1. The van der Waals surface area contributed by atoms with Gasteiger partial charge in [-0.1, -0.05) is 42.8 Å². The number of carbonyl (C=O) groups excluding carboxylic acids is 1. The third kappa shape index (κ3) is 5.94. The van der Waals surface area contributed by atoms with Gasteiger partial charge in [0.25, 0.3) is 0 Å². The summed E-state index contributed by atoms with van der Waals surface area (Å²) in [7, 11) is -2.46. The number of methoxy groups -OCH3 is 1. The van der Waals surface area contributed by atoms with Crippen molar-refractivity contribution >= 4 is 26.8 Å². The first-order chi connectivity index (χ1) is 16.5. The van der Waals surface area contributed by atoms with Crippen LogP contribution in [0.4, 0.5) is 0 Å². The first-order valence-electron chi connectivity index (χ1n) is 11.5. The lowest BCUT2D eigenvalue weighted by molar-refractivity contribution is -0.147. The van der Waals surface area contributed by atoms with Crippen LogP contribution in [0.5, 0.6) is 5.75 Å². The van der Waals surface area contributed by atoms with E-state index in [1.54, 1.807) is 12.1 Å². The lowest BCUT2D eigenvalue weighted by Gasteiger charge is -2.32. The number of rotatable bonds is 9. The molecule has 180 valence electrons. The standard InChI is InChI=1S/C26H30N2O5S/c1-32-26(29)25(28-15-5-2-6-16-28)18-27-34(30,31)24-13-11-23(12-14-24)33-19-20-9-10-21-7-3-4-8-22(21)17-20/h3-4,7-14,17,25,27H,2,5-6,15-16,18-19H2,1H3/t25-/m0/s1. The summed E-state index contributed by atoms with van der Waals surface area (Å²) in [4.78, 5) is 14.4. The number of piperidine rings is 1. The quantitative estimate of drug-likeness (QED) is 0.468. The van der Waals surface area contributed by atoms with Crippen LogP contribution in [0.3, 0.4) is 0 Å². The molecule has 1 atom stereocenters. The van der Waals surface area contributed by atoms with E-state index in [4.69, 9.17) is 9.47 Å². The predicted octanol–water partition coefficient (Wildman–Crippen LogP) is 3.72. The number of nitrogens with one attached hydrogen (secondary N) is 1. The molecular weight excluding hydrogens is 452 g/mol. The summed E-state index contributed by atoms with van der Waals surface area (Å²) in [5.41, 5.74) is 1.03. The van der Waals surface area contributed by atoms with Crippen molar-refractivity contribution in [3.63, 3.8) is 0 Å². The van der Waals surface area contributed by atoms with Gasteiger partial charge in [-0.2, -0.15) is 0 Å². The summed E-state index contributed by atoms with van der Waals surface area (Å²) in [6.07, 6.45) is 3.09. The number of likely N-dealkylation sites (tertiary alicyclic amines) is 1. The number of fused-ring (bicyclic) bond motifs is 1. The van der Waals surface area contributed by atoms with Crippen molar-refractivity contribution in [2.75, 3.05) is 26.7 Å². The molecule has 1 aliphatic heterocycles. The number of esters is 1. The molecule has 3 aromatic rings. The fourth-order valence-electron chi connectivity index (χ4n) is 4.21. The number of ether oxygens (including phenoxy) is 2. The van der Waals surface area contributed by atoms with Gasteiger partial charge in [-0.3, -0.25) is 9.69 Å².